The van der Waals surface area contributed by atoms with E-state index in [4.69, 9.17) is 33.2 Å². The van der Waals surface area contributed by atoms with Crippen LogP contribution in [0.4, 0.5) is 0 Å². The Morgan fingerprint density at radius 1 is 0.816 bits per heavy atom. The van der Waals surface area contributed by atoms with Gasteiger partial charge < -0.3 is 48.3 Å². The zero-order valence-corrected chi connectivity index (χ0v) is 47.9. The molecule has 0 aromatic heterocycles. The third-order valence-electron chi connectivity index (χ3n) is 17.2. The molecule has 430 valence electrons. The lowest BCUT2D eigenvalue weighted by Crippen LogP contribution is -2.61. The van der Waals surface area contributed by atoms with Crippen molar-refractivity contribution < 1.29 is 67.3 Å². The number of allylic oxidation sites excluding steroid dienone is 6. The van der Waals surface area contributed by atoms with Gasteiger partial charge in [0, 0.05) is 77.8 Å². The fourth-order valence-electron chi connectivity index (χ4n) is 12.0. The quantitative estimate of drug-likeness (QED) is 0.0767. The number of hydrogen-bond acceptors (Lipinski definition) is 14. The third-order valence-corrected chi connectivity index (χ3v) is 17.2. The van der Waals surface area contributed by atoms with Crippen molar-refractivity contribution in [2.75, 3.05) is 47.2 Å². The smallest absolute Gasteiger partial charge is 0.329 e. The van der Waals surface area contributed by atoms with Gasteiger partial charge in [-0.05, 0) is 139 Å². The van der Waals surface area contributed by atoms with Crippen molar-refractivity contribution in [2.45, 2.75) is 219 Å². The van der Waals surface area contributed by atoms with E-state index in [-0.39, 0.29) is 60.9 Å². The molecular weight excluding hydrogens is 971 g/mol. The minimum absolute atomic E-state index is 0.0142. The van der Waals surface area contributed by atoms with Gasteiger partial charge >= 0.3 is 5.97 Å². The van der Waals surface area contributed by atoms with E-state index < -0.39 is 77.8 Å². The second-order valence-corrected chi connectivity index (χ2v) is 23.3. The first-order valence-corrected chi connectivity index (χ1v) is 29.1. The van der Waals surface area contributed by atoms with Crippen molar-refractivity contribution in [3.05, 3.63) is 47.6 Å². The second-order valence-electron chi connectivity index (χ2n) is 23.3. The number of nitrogens with zero attached hydrogens (tertiary/aromatic N) is 1. The molecule has 15 heteroatoms. The highest BCUT2D eigenvalue weighted by atomic mass is 16.6. The molecule has 4 fully saturated rings. The van der Waals surface area contributed by atoms with E-state index in [0.29, 0.717) is 69.7 Å². The number of aliphatic hydroxyl groups is 2. The number of fused-ring (bicyclic) bond motifs is 3. The summed E-state index contributed by atoms with van der Waals surface area (Å²) in [6.07, 6.45) is 17.8. The van der Waals surface area contributed by atoms with Crippen molar-refractivity contribution in [3.63, 3.8) is 0 Å². The molecular formula is C61H97NO14. The number of methoxy groups -OCH3 is 2. The minimum Gasteiger partial charge on any atom is -0.460 e. The highest BCUT2D eigenvalue weighted by Crippen LogP contribution is 2.38. The van der Waals surface area contributed by atoms with Crippen LogP contribution < -0.4 is 0 Å². The Kier molecular flexibility index (Phi) is 26.2. The van der Waals surface area contributed by atoms with Gasteiger partial charge in [-0.25, -0.2) is 4.79 Å². The van der Waals surface area contributed by atoms with Crippen molar-refractivity contribution in [1.29, 1.82) is 0 Å². The predicted octanol–water partition coefficient (Wildman–Crippen LogP) is 9.19. The summed E-state index contributed by atoms with van der Waals surface area (Å²) in [5.41, 5.74) is 1.33. The predicted molar refractivity (Wildman–Crippen MR) is 291 cm³/mol. The summed E-state index contributed by atoms with van der Waals surface area (Å²) in [7, 11) is 3.10. The normalized spacial score (nSPS) is 37.8. The zero-order valence-electron chi connectivity index (χ0n) is 47.9. The molecule has 2 bridgehead atoms. The van der Waals surface area contributed by atoms with E-state index in [1.54, 1.807) is 34.0 Å². The Hall–Kier alpha value is -3.41. The molecule has 0 aromatic carbocycles. The Morgan fingerprint density at radius 2 is 1.57 bits per heavy atom. The first-order valence-electron chi connectivity index (χ1n) is 29.1. The Balaban J connectivity index is 1.46. The molecule has 5 rings (SSSR count). The van der Waals surface area contributed by atoms with E-state index in [2.05, 4.69) is 6.92 Å². The Bertz CT molecular complexity index is 1990. The molecule has 2 unspecified atom stereocenters. The summed E-state index contributed by atoms with van der Waals surface area (Å²) in [4.78, 5) is 73.2. The maximum absolute atomic E-state index is 14.7. The van der Waals surface area contributed by atoms with Crippen LogP contribution >= 0.6 is 0 Å². The number of aliphatic hydroxyl groups excluding tert-OH is 1. The number of cyclic esters (lactones) is 1. The summed E-state index contributed by atoms with van der Waals surface area (Å²) in [5, 5.41) is 23.8. The molecule has 15 nitrogen and oxygen atoms in total. The average Bonchev–Trinajstić information content (AvgIpc) is 3.41. The van der Waals surface area contributed by atoms with Crippen LogP contribution in [0, 0.1) is 41.4 Å². The standard InChI is InChI=1S/C61H97NO14/c1-11-12-29-73-51-24-22-47(36-54(51)70-9)35-42(5)53-38-50(63)41(4)34-44(7)56(65)57(71-10)55(64)43(6)33-39(2)18-14-13-15-19-40(3)52(74-32-27-46-25-30-72-31-26-46)37-48-23-21-45(8)61(69,76-48)58(66)59(67)62-28-17-16-20-49(62)60(68)75-53/h13-15,18-19,34,39,41-43,45-49,51-54,56-57,65,69H,11-12,16-17,20-33,35-38H2,1-10H3/b15-13+,18-14+,40-19+,44-34+/t39-,41-,42-,43-,45-,47+,48+,49?,51-,52?,53+,54-,56-,57+,61-/m1/s1. The molecule has 3 saturated heterocycles. The molecule has 0 aromatic rings. The van der Waals surface area contributed by atoms with Crippen molar-refractivity contribution in [3.8, 4) is 0 Å². The fraction of sp³-hybridized carbons (Fsp3) is 0.787. The number of Topliss-reactive ketones (excluding diaryl/α,β-unsaturated/α-hetero) is 3. The lowest BCUT2D eigenvalue weighted by Gasteiger charge is -2.43. The molecule has 1 amide bonds. The van der Waals surface area contributed by atoms with Gasteiger partial charge in [-0.15, -0.1) is 0 Å². The minimum atomic E-state index is -2.44. The molecule has 5 aliphatic rings. The van der Waals surface area contributed by atoms with Gasteiger partial charge in [0.25, 0.3) is 11.7 Å². The van der Waals surface area contributed by atoms with Crippen molar-refractivity contribution in [2.24, 2.45) is 41.4 Å². The number of unbranched alkanes of at least 4 members (excludes halogenated alkanes) is 1. The highest BCUT2D eigenvalue weighted by Gasteiger charge is 2.53. The second kappa shape index (κ2) is 31.4. The molecule has 76 heavy (non-hydrogen) atoms. The molecule has 1 aliphatic carbocycles. The van der Waals surface area contributed by atoms with E-state index in [9.17, 15) is 34.2 Å². The molecule has 4 heterocycles. The number of ether oxygens (including phenoxy) is 7. The van der Waals surface area contributed by atoms with Gasteiger partial charge in [-0.3, -0.25) is 19.2 Å². The van der Waals surface area contributed by atoms with Gasteiger partial charge in [0.05, 0.1) is 24.4 Å². The monoisotopic (exact) mass is 1070 g/mol. The van der Waals surface area contributed by atoms with Gasteiger partial charge in [0.2, 0.25) is 5.79 Å². The zero-order chi connectivity index (χ0) is 55.5. The summed E-state index contributed by atoms with van der Waals surface area (Å²) < 4.78 is 42.7. The van der Waals surface area contributed by atoms with Crippen LogP contribution in [0.5, 0.6) is 0 Å². The van der Waals surface area contributed by atoms with Crippen LogP contribution in [0.2, 0.25) is 0 Å². The average molecular weight is 1070 g/mol. The van der Waals surface area contributed by atoms with Crippen LogP contribution in [0.15, 0.2) is 47.6 Å². The number of ketones is 3. The summed E-state index contributed by atoms with van der Waals surface area (Å²) >= 11 is 0. The van der Waals surface area contributed by atoms with Crippen LogP contribution in [0.1, 0.15) is 165 Å². The summed E-state index contributed by atoms with van der Waals surface area (Å²) in [6, 6.07) is -1.13. The van der Waals surface area contributed by atoms with Crippen molar-refractivity contribution >= 4 is 29.2 Å². The Morgan fingerprint density at radius 3 is 2.28 bits per heavy atom. The van der Waals surface area contributed by atoms with E-state index in [1.165, 1.54) is 12.0 Å². The molecule has 0 radical (unpaired) electrons. The first kappa shape index (κ1) is 63.4. The lowest BCUT2D eigenvalue weighted by atomic mass is 9.78. The van der Waals surface area contributed by atoms with Crippen LogP contribution in [-0.2, 0) is 57.1 Å². The Labute approximate surface area is 455 Å². The van der Waals surface area contributed by atoms with Crippen molar-refractivity contribution in [1.82, 2.24) is 4.90 Å². The summed E-state index contributed by atoms with van der Waals surface area (Å²) in [6.45, 7) is 17.8. The molecule has 2 N–H and O–H groups in total. The van der Waals surface area contributed by atoms with E-state index in [1.807, 2.05) is 58.1 Å². The topological polar surface area (TPSA) is 194 Å². The van der Waals surface area contributed by atoms with Crippen LogP contribution in [-0.4, -0.2) is 146 Å². The van der Waals surface area contributed by atoms with E-state index >= 15 is 0 Å². The van der Waals surface area contributed by atoms with Gasteiger partial charge in [0.1, 0.15) is 30.1 Å². The number of amides is 1. The third kappa shape index (κ3) is 18.1. The maximum Gasteiger partial charge on any atom is 0.329 e. The maximum atomic E-state index is 14.7. The first-order chi connectivity index (χ1) is 36.3. The fourth-order valence-corrected chi connectivity index (χ4v) is 12.0. The van der Waals surface area contributed by atoms with E-state index in [0.717, 1.165) is 70.2 Å². The molecule has 0 spiro atoms. The summed E-state index contributed by atoms with van der Waals surface area (Å²) in [5.74, 6) is -7.26. The number of rotatable bonds is 13. The largest absolute Gasteiger partial charge is 0.460 e. The van der Waals surface area contributed by atoms with Gasteiger partial charge in [-0.1, -0.05) is 84.4 Å². The number of carbonyl (C=O) groups excluding carboxylic acids is 5. The molecule has 15 atom stereocenters. The molecule has 1 saturated carbocycles. The van der Waals surface area contributed by atoms with Crippen LogP contribution in [0.25, 0.3) is 0 Å². The number of hydrogen-bond donors (Lipinski definition) is 2. The lowest BCUT2D eigenvalue weighted by molar-refractivity contribution is -0.266. The highest BCUT2D eigenvalue weighted by molar-refractivity contribution is 6.39. The number of carbonyl (C=O) groups is 5. The number of piperidine rings is 1. The number of esters is 1. The SMILES string of the molecule is CCCCO[C@@H]1CC[C@@H](C[C@@H](C)[C@@H]2CC(=O)[C@H](C)/C=C(\C)[C@@H](O)[C@@H](OC)C(=O)[C@H](C)C[C@H](C)/C=C/C=C/C=C(\C)C(OCCC3CCOCC3)C[C@@H]3CC[C@@H](C)[C@@](O)(O3)C(=O)C(=O)N3CCCCC3C(=O)O2)C[C@H]1OC. The van der Waals surface area contributed by atoms with Gasteiger partial charge in [-0.2, -0.15) is 0 Å². The molecule has 4 aliphatic heterocycles. The van der Waals surface area contributed by atoms with Crippen LogP contribution in [0.3, 0.4) is 0 Å². The van der Waals surface area contributed by atoms with Gasteiger partial charge in [0.15, 0.2) is 5.78 Å².